The molecule has 3 rings (SSSR count). The van der Waals surface area contributed by atoms with E-state index in [9.17, 15) is 0 Å². The molecular weight excluding hydrogens is 250 g/mol. The SMILES string of the molecule is Cc1nccn1CCn1ccnc1-c1ccc(N)cc1. The van der Waals surface area contributed by atoms with E-state index in [4.69, 9.17) is 5.73 Å². The highest BCUT2D eigenvalue weighted by Crippen LogP contribution is 2.19. The van der Waals surface area contributed by atoms with Gasteiger partial charge in [0.1, 0.15) is 11.6 Å². The van der Waals surface area contributed by atoms with Gasteiger partial charge in [0.05, 0.1) is 0 Å². The molecule has 0 unspecified atom stereocenters. The summed E-state index contributed by atoms with van der Waals surface area (Å²) in [5, 5.41) is 0. The first-order valence-corrected chi connectivity index (χ1v) is 6.59. The van der Waals surface area contributed by atoms with Crippen LogP contribution in [0.25, 0.3) is 11.4 Å². The predicted octanol–water partition coefficient (Wildman–Crippen LogP) is 2.34. The summed E-state index contributed by atoms with van der Waals surface area (Å²) in [5.74, 6) is 1.99. The second-order valence-corrected chi connectivity index (χ2v) is 4.73. The van der Waals surface area contributed by atoms with Gasteiger partial charge < -0.3 is 14.9 Å². The molecule has 0 saturated heterocycles. The van der Waals surface area contributed by atoms with Gasteiger partial charge >= 0.3 is 0 Å². The third kappa shape index (κ3) is 2.42. The van der Waals surface area contributed by atoms with E-state index in [0.29, 0.717) is 0 Å². The fourth-order valence-corrected chi connectivity index (χ4v) is 2.24. The van der Waals surface area contributed by atoms with Crippen molar-refractivity contribution < 1.29 is 0 Å². The number of nitrogens with zero attached hydrogens (tertiary/aromatic N) is 4. The minimum atomic E-state index is 0.765. The van der Waals surface area contributed by atoms with Gasteiger partial charge in [-0.1, -0.05) is 0 Å². The van der Waals surface area contributed by atoms with Crippen LogP contribution in [-0.4, -0.2) is 19.1 Å². The molecule has 5 nitrogen and oxygen atoms in total. The molecule has 5 heteroatoms. The molecule has 0 spiro atoms. The minimum Gasteiger partial charge on any atom is -0.399 e. The second-order valence-electron chi connectivity index (χ2n) is 4.73. The summed E-state index contributed by atoms with van der Waals surface area (Å²) in [5.41, 5.74) is 7.56. The topological polar surface area (TPSA) is 61.7 Å². The highest BCUT2D eigenvalue weighted by Gasteiger charge is 2.06. The molecule has 2 N–H and O–H groups in total. The molecule has 0 saturated carbocycles. The molecule has 2 heterocycles. The molecule has 0 aliphatic rings. The minimum absolute atomic E-state index is 0.765. The van der Waals surface area contributed by atoms with E-state index >= 15 is 0 Å². The van der Waals surface area contributed by atoms with Crippen LogP contribution in [0.3, 0.4) is 0 Å². The number of benzene rings is 1. The molecule has 0 fully saturated rings. The highest BCUT2D eigenvalue weighted by atomic mass is 15.1. The summed E-state index contributed by atoms with van der Waals surface area (Å²) in [6.45, 7) is 3.75. The quantitative estimate of drug-likeness (QED) is 0.738. The van der Waals surface area contributed by atoms with Crippen molar-refractivity contribution in [1.82, 2.24) is 19.1 Å². The fourth-order valence-electron chi connectivity index (χ4n) is 2.24. The van der Waals surface area contributed by atoms with Crippen LogP contribution in [0.2, 0.25) is 0 Å². The first-order chi connectivity index (χ1) is 9.74. The van der Waals surface area contributed by atoms with E-state index in [2.05, 4.69) is 19.1 Å². The maximum absolute atomic E-state index is 5.72. The van der Waals surface area contributed by atoms with Crippen molar-refractivity contribution in [1.29, 1.82) is 0 Å². The lowest BCUT2D eigenvalue weighted by molar-refractivity contribution is 0.571. The number of imidazole rings is 2. The highest BCUT2D eigenvalue weighted by molar-refractivity contribution is 5.59. The van der Waals surface area contributed by atoms with Gasteiger partial charge in [0.2, 0.25) is 0 Å². The van der Waals surface area contributed by atoms with Crippen LogP contribution in [0.15, 0.2) is 49.1 Å². The number of aryl methyl sites for hydroxylation is 3. The van der Waals surface area contributed by atoms with Crippen LogP contribution in [0.4, 0.5) is 5.69 Å². The Kier molecular flexibility index (Phi) is 3.25. The van der Waals surface area contributed by atoms with Crippen molar-refractivity contribution in [2.75, 3.05) is 5.73 Å². The monoisotopic (exact) mass is 267 g/mol. The van der Waals surface area contributed by atoms with E-state index in [1.54, 1.807) is 0 Å². The van der Waals surface area contributed by atoms with Crippen LogP contribution in [0.5, 0.6) is 0 Å². The number of rotatable bonds is 4. The molecule has 0 atom stereocenters. The van der Waals surface area contributed by atoms with Crippen LogP contribution >= 0.6 is 0 Å². The van der Waals surface area contributed by atoms with Gasteiger partial charge in [-0.15, -0.1) is 0 Å². The van der Waals surface area contributed by atoms with Crippen molar-refractivity contribution in [3.8, 4) is 11.4 Å². The number of hydrogen-bond donors (Lipinski definition) is 1. The maximum atomic E-state index is 5.72. The lowest BCUT2D eigenvalue weighted by Crippen LogP contribution is -2.08. The number of anilines is 1. The number of hydrogen-bond acceptors (Lipinski definition) is 3. The van der Waals surface area contributed by atoms with E-state index < -0.39 is 0 Å². The molecule has 102 valence electrons. The third-order valence-electron chi connectivity index (χ3n) is 3.39. The molecule has 0 radical (unpaired) electrons. The Bertz CT molecular complexity index is 693. The summed E-state index contributed by atoms with van der Waals surface area (Å²) in [7, 11) is 0. The Labute approximate surface area is 117 Å². The van der Waals surface area contributed by atoms with Gasteiger partial charge in [-0.25, -0.2) is 9.97 Å². The molecule has 3 aromatic rings. The standard InChI is InChI=1S/C15H17N5/c1-12-17-6-8-19(12)10-11-20-9-7-18-15(20)13-2-4-14(16)5-3-13/h2-9H,10-11,16H2,1H3. The fraction of sp³-hybridized carbons (Fsp3) is 0.200. The molecule has 0 aliphatic carbocycles. The summed E-state index contributed by atoms with van der Waals surface area (Å²) in [6.07, 6.45) is 7.64. The maximum Gasteiger partial charge on any atom is 0.139 e. The molecule has 0 bridgehead atoms. The summed E-state index contributed by atoms with van der Waals surface area (Å²) in [6, 6.07) is 7.79. The van der Waals surface area contributed by atoms with Gasteiger partial charge in [0, 0.05) is 49.1 Å². The van der Waals surface area contributed by atoms with E-state index in [1.165, 1.54) is 0 Å². The molecule has 0 aliphatic heterocycles. The van der Waals surface area contributed by atoms with Crippen LogP contribution < -0.4 is 5.73 Å². The Hall–Kier alpha value is -2.56. The van der Waals surface area contributed by atoms with Gasteiger partial charge in [0.15, 0.2) is 0 Å². The largest absolute Gasteiger partial charge is 0.399 e. The molecular formula is C15H17N5. The van der Waals surface area contributed by atoms with Crippen LogP contribution in [0.1, 0.15) is 5.82 Å². The number of nitrogen functional groups attached to an aromatic ring is 1. The molecule has 1 aromatic carbocycles. The van der Waals surface area contributed by atoms with Crippen molar-refractivity contribution in [3.05, 3.63) is 54.9 Å². The Morgan fingerprint density at radius 1 is 0.950 bits per heavy atom. The van der Waals surface area contributed by atoms with Crippen LogP contribution in [-0.2, 0) is 13.1 Å². The van der Waals surface area contributed by atoms with Crippen molar-refractivity contribution in [2.24, 2.45) is 0 Å². The van der Waals surface area contributed by atoms with Crippen molar-refractivity contribution >= 4 is 5.69 Å². The second kappa shape index (κ2) is 5.21. The summed E-state index contributed by atoms with van der Waals surface area (Å²) < 4.78 is 4.28. The predicted molar refractivity (Wildman–Crippen MR) is 79.0 cm³/mol. The van der Waals surface area contributed by atoms with E-state index in [1.807, 2.05) is 56.0 Å². The van der Waals surface area contributed by atoms with Gasteiger partial charge in [-0.3, -0.25) is 0 Å². The van der Waals surface area contributed by atoms with Crippen LogP contribution in [0, 0.1) is 6.92 Å². The summed E-state index contributed by atoms with van der Waals surface area (Å²) in [4.78, 5) is 8.67. The Balaban J connectivity index is 1.80. The summed E-state index contributed by atoms with van der Waals surface area (Å²) >= 11 is 0. The molecule has 0 amide bonds. The van der Waals surface area contributed by atoms with Gasteiger partial charge in [0.25, 0.3) is 0 Å². The van der Waals surface area contributed by atoms with Gasteiger partial charge in [-0.05, 0) is 31.2 Å². The van der Waals surface area contributed by atoms with Crippen molar-refractivity contribution in [3.63, 3.8) is 0 Å². The Morgan fingerprint density at radius 3 is 2.30 bits per heavy atom. The zero-order valence-corrected chi connectivity index (χ0v) is 11.4. The molecule has 2 aromatic heterocycles. The number of aromatic nitrogens is 4. The number of nitrogens with two attached hydrogens (primary N) is 1. The average molecular weight is 267 g/mol. The van der Waals surface area contributed by atoms with E-state index in [-0.39, 0.29) is 0 Å². The first-order valence-electron chi connectivity index (χ1n) is 6.59. The van der Waals surface area contributed by atoms with E-state index in [0.717, 1.165) is 36.0 Å². The van der Waals surface area contributed by atoms with Gasteiger partial charge in [-0.2, -0.15) is 0 Å². The third-order valence-corrected chi connectivity index (χ3v) is 3.39. The lowest BCUT2D eigenvalue weighted by Gasteiger charge is -2.10. The molecule has 20 heavy (non-hydrogen) atoms. The smallest absolute Gasteiger partial charge is 0.139 e. The zero-order chi connectivity index (χ0) is 13.9. The zero-order valence-electron chi connectivity index (χ0n) is 11.4. The van der Waals surface area contributed by atoms with Crippen molar-refractivity contribution in [2.45, 2.75) is 20.0 Å². The normalized spacial score (nSPS) is 10.8. The Morgan fingerprint density at radius 2 is 1.60 bits per heavy atom. The average Bonchev–Trinajstić information content (AvgIpc) is 3.06. The lowest BCUT2D eigenvalue weighted by atomic mass is 10.2. The first kappa shape index (κ1) is 12.5.